The van der Waals surface area contributed by atoms with Crippen molar-refractivity contribution in [3.8, 4) is 11.5 Å². The molecule has 2 aromatic carbocycles. The average Bonchev–Trinajstić information content (AvgIpc) is 3.25. The van der Waals surface area contributed by atoms with Gasteiger partial charge in [0.1, 0.15) is 23.2 Å². The zero-order valence-corrected chi connectivity index (χ0v) is 21.7. The molecule has 9 nitrogen and oxygen atoms in total. The number of carbonyl (C=O) groups excluding carboxylic acids is 1. The molecule has 2 aliphatic heterocycles. The molecule has 37 heavy (non-hydrogen) atoms. The van der Waals surface area contributed by atoms with Crippen LogP contribution in [0.25, 0.3) is 0 Å². The van der Waals surface area contributed by atoms with Gasteiger partial charge in [-0.25, -0.2) is 4.79 Å². The molecule has 0 aromatic heterocycles. The normalized spacial score (nSPS) is 23.6. The smallest absolute Gasteiger partial charge is 0.320 e. The van der Waals surface area contributed by atoms with Gasteiger partial charge in [-0.05, 0) is 43.9 Å². The number of likely N-dealkylation sites (tertiary alicyclic amines) is 1. The van der Waals surface area contributed by atoms with Crippen LogP contribution in [-0.2, 0) is 15.1 Å². The largest absolute Gasteiger partial charge is 0.457 e. The van der Waals surface area contributed by atoms with Crippen molar-refractivity contribution in [2.45, 2.75) is 50.0 Å². The van der Waals surface area contributed by atoms with Gasteiger partial charge in [0.25, 0.3) is 0 Å². The summed E-state index contributed by atoms with van der Waals surface area (Å²) in [5, 5.41) is 22.4. The minimum atomic E-state index is -1.41. The van der Waals surface area contributed by atoms with Crippen molar-refractivity contribution in [2.75, 3.05) is 46.5 Å². The second kappa shape index (κ2) is 12.2. The molecule has 4 rings (SSSR count). The lowest BCUT2D eigenvalue weighted by Crippen LogP contribution is -2.56. The molecule has 2 saturated heterocycles. The van der Waals surface area contributed by atoms with Crippen LogP contribution >= 0.6 is 0 Å². The Bertz CT molecular complexity index is 1040. The van der Waals surface area contributed by atoms with E-state index in [1.807, 2.05) is 55.5 Å². The van der Waals surface area contributed by atoms with Crippen LogP contribution in [-0.4, -0.2) is 90.8 Å². The number of rotatable bonds is 9. The molecule has 2 heterocycles. The van der Waals surface area contributed by atoms with Crippen molar-refractivity contribution in [3.05, 3.63) is 59.7 Å². The van der Waals surface area contributed by atoms with Crippen LogP contribution in [0.15, 0.2) is 48.5 Å². The fourth-order valence-corrected chi connectivity index (χ4v) is 5.09. The van der Waals surface area contributed by atoms with Crippen LogP contribution < -0.4 is 10.5 Å². The first-order valence-electron chi connectivity index (χ1n) is 13.0. The van der Waals surface area contributed by atoms with Gasteiger partial charge in [-0.1, -0.05) is 36.4 Å². The zero-order chi connectivity index (χ0) is 26.4. The van der Waals surface area contributed by atoms with Crippen molar-refractivity contribution in [1.82, 2.24) is 9.80 Å². The first kappa shape index (κ1) is 27.3. The highest BCUT2D eigenvalue weighted by molar-refractivity contribution is 5.75. The summed E-state index contributed by atoms with van der Waals surface area (Å²) < 4.78 is 17.7. The highest BCUT2D eigenvalue weighted by Gasteiger charge is 2.45. The number of hydrogen-bond acceptors (Lipinski definition) is 7. The lowest BCUT2D eigenvalue weighted by atomic mass is 9.82. The summed E-state index contributed by atoms with van der Waals surface area (Å²) >= 11 is 0. The number of urea groups is 1. The van der Waals surface area contributed by atoms with E-state index in [2.05, 4.69) is 0 Å². The maximum atomic E-state index is 13.3. The van der Waals surface area contributed by atoms with Crippen molar-refractivity contribution < 1.29 is 29.2 Å². The number of para-hydroxylation sites is 2. The second-order valence-electron chi connectivity index (χ2n) is 9.96. The number of aliphatic hydroxyl groups is 2. The van der Waals surface area contributed by atoms with Gasteiger partial charge in [0.2, 0.25) is 0 Å². The number of benzene rings is 2. The fourth-order valence-electron chi connectivity index (χ4n) is 5.09. The zero-order valence-electron chi connectivity index (χ0n) is 21.7. The van der Waals surface area contributed by atoms with Crippen molar-refractivity contribution >= 4 is 6.03 Å². The third-order valence-corrected chi connectivity index (χ3v) is 7.30. The third-order valence-electron chi connectivity index (χ3n) is 7.30. The molecule has 0 radical (unpaired) electrons. The Balaban J connectivity index is 1.61. The number of carbonyl (C=O) groups is 1. The second-order valence-corrected chi connectivity index (χ2v) is 9.96. The third kappa shape index (κ3) is 6.25. The molecule has 2 fully saturated rings. The molecule has 2 aromatic rings. The molecule has 2 amide bonds. The number of nitrogens with zero attached hydrogens (tertiary/aromatic N) is 2. The van der Waals surface area contributed by atoms with E-state index in [0.29, 0.717) is 56.2 Å². The summed E-state index contributed by atoms with van der Waals surface area (Å²) in [6, 6.07) is 14.5. The summed E-state index contributed by atoms with van der Waals surface area (Å²) in [5.41, 5.74) is 6.12. The number of aliphatic hydroxyl groups excluding tert-OH is 1. The van der Waals surface area contributed by atoms with Crippen LogP contribution in [0.1, 0.15) is 30.4 Å². The minimum absolute atomic E-state index is 0.202. The fraction of sp³-hybridized carbons (Fsp3) is 0.536. The number of unbranched alkanes of at least 4 members (excludes halogenated alkanes) is 1. The van der Waals surface area contributed by atoms with E-state index >= 15 is 0 Å². The van der Waals surface area contributed by atoms with Gasteiger partial charge in [0.05, 0.1) is 19.3 Å². The van der Waals surface area contributed by atoms with E-state index in [1.165, 1.54) is 0 Å². The van der Waals surface area contributed by atoms with E-state index in [1.54, 1.807) is 16.9 Å². The van der Waals surface area contributed by atoms with E-state index in [4.69, 9.17) is 19.9 Å². The van der Waals surface area contributed by atoms with Gasteiger partial charge >= 0.3 is 6.03 Å². The van der Waals surface area contributed by atoms with E-state index < -0.39 is 23.9 Å². The van der Waals surface area contributed by atoms with Crippen LogP contribution in [0.5, 0.6) is 11.5 Å². The number of nitrogens with two attached hydrogens (primary N) is 1. The Morgan fingerprint density at radius 2 is 1.81 bits per heavy atom. The van der Waals surface area contributed by atoms with Crippen LogP contribution in [0.4, 0.5) is 4.79 Å². The molecule has 0 spiro atoms. The summed E-state index contributed by atoms with van der Waals surface area (Å²) in [6.45, 7) is 3.97. The summed E-state index contributed by atoms with van der Waals surface area (Å²) in [7, 11) is 1.66. The van der Waals surface area contributed by atoms with Gasteiger partial charge in [0, 0.05) is 45.0 Å². The quantitative estimate of drug-likeness (QED) is 0.441. The molecule has 0 bridgehead atoms. The van der Waals surface area contributed by atoms with Crippen molar-refractivity contribution in [2.24, 2.45) is 5.73 Å². The Kier molecular flexibility index (Phi) is 9.04. The van der Waals surface area contributed by atoms with Crippen LogP contribution in [0, 0.1) is 6.92 Å². The number of methoxy groups -OCH3 is 1. The predicted octanol–water partition coefficient (Wildman–Crippen LogP) is 2.62. The lowest BCUT2D eigenvalue weighted by molar-refractivity contribution is -0.147. The summed E-state index contributed by atoms with van der Waals surface area (Å²) in [4.78, 5) is 16.5. The first-order chi connectivity index (χ1) is 17.8. The lowest BCUT2D eigenvalue weighted by Gasteiger charge is -2.43. The Labute approximate surface area is 218 Å². The van der Waals surface area contributed by atoms with Crippen molar-refractivity contribution in [3.63, 3.8) is 0 Å². The van der Waals surface area contributed by atoms with Gasteiger partial charge in [-0.15, -0.1) is 0 Å². The molecule has 9 heteroatoms. The van der Waals surface area contributed by atoms with Crippen LogP contribution in [0.3, 0.4) is 0 Å². The molecule has 0 unspecified atom stereocenters. The summed E-state index contributed by atoms with van der Waals surface area (Å²) in [6.07, 6.45) is 0.479. The molecule has 0 saturated carbocycles. The number of amides is 2. The Morgan fingerprint density at radius 3 is 2.51 bits per heavy atom. The van der Waals surface area contributed by atoms with E-state index in [-0.39, 0.29) is 19.1 Å². The number of ether oxygens (including phenoxy) is 3. The molecular formula is C28H39N3O6. The molecular weight excluding hydrogens is 474 g/mol. The number of β-amino-alcohol motifs (C(OH)–C–C–N with tert-alkyl or cyclic N) is 1. The van der Waals surface area contributed by atoms with Crippen LogP contribution in [0.2, 0.25) is 0 Å². The maximum Gasteiger partial charge on any atom is 0.320 e. The van der Waals surface area contributed by atoms with E-state index in [0.717, 1.165) is 12.0 Å². The maximum absolute atomic E-state index is 13.3. The molecule has 0 aliphatic carbocycles. The van der Waals surface area contributed by atoms with E-state index in [9.17, 15) is 15.0 Å². The molecule has 4 atom stereocenters. The van der Waals surface area contributed by atoms with Crippen molar-refractivity contribution in [1.29, 1.82) is 0 Å². The standard InChI is InChI=1S/C28H39N3O6/c1-20-9-3-5-11-24(20)37-25-12-6-4-10-21(25)28(34,13-7-8-15-35-2)26-19-30(14-16-36-26)27(33)31-17-22(29)23(32)18-31/h3-6,9-12,22-23,26,32,34H,7-8,13-19,29H2,1-2H3/t22-,23+,26-,28+/m1/s1. The molecule has 202 valence electrons. The minimum Gasteiger partial charge on any atom is -0.457 e. The van der Waals surface area contributed by atoms with Gasteiger partial charge < -0.3 is 40.0 Å². The SMILES string of the molecule is COCCCC[C@](O)(c1ccccc1Oc1ccccc1C)[C@H]1CN(C(=O)N2C[C@@H](N)[C@@H](O)C2)CCO1. The summed E-state index contributed by atoms with van der Waals surface area (Å²) in [5.74, 6) is 1.26. The van der Waals surface area contributed by atoms with Gasteiger partial charge in [-0.3, -0.25) is 0 Å². The first-order valence-corrected chi connectivity index (χ1v) is 13.0. The molecule has 2 aliphatic rings. The number of morpholine rings is 1. The predicted molar refractivity (Wildman–Crippen MR) is 140 cm³/mol. The highest BCUT2D eigenvalue weighted by Crippen LogP contribution is 2.41. The number of hydrogen-bond donors (Lipinski definition) is 3. The Hall–Kier alpha value is -2.69. The van der Waals surface area contributed by atoms with Gasteiger partial charge in [0.15, 0.2) is 0 Å². The molecule has 4 N–H and O–H groups in total. The Morgan fingerprint density at radius 1 is 1.08 bits per heavy atom. The topological polar surface area (TPSA) is 118 Å². The highest BCUT2D eigenvalue weighted by atomic mass is 16.5. The van der Waals surface area contributed by atoms with Gasteiger partial charge in [-0.2, -0.15) is 0 Å². The monoisotopic (exact) mass is 513 g/mol. The average molecular weight is 514 g/mol. The number of aryl methyl sites for hydroxylation is 1.